The van der Waals surface area contributed by atoms with Gasteiger partial charge in [-0.3, -0.25) is 4.79 Å². The van der Waals surface area contributed by atoms with Crippen LogP contribution in [0.5, 0.6) is 0 Å². The monoisotopic (exact) mass is 288 g/mol. The highest BCUT2D eigenvalue weighted by molar-refractivity contribution is 5.97. The van der Waals surface area contributed by atoms with Crippen LogP contribution in [0.2, 0.25) is 0 Å². The van der Waals surface area contributed by atoms with Gasteiger partial charge in [-0.1, -0.05) is 0 Å². The average molecular weight is 288 g/mol. The Morgan fingerprint density at radius 1 is 1.29 bits per heavy atom. The van der Waals surface area contributed by atoms with Crippen LogP contribution in [0.4, 0.5) is 5.69 Å². The molecule has 0 aromatic heterocycles. The summed E-state index contributed by atoms with van der Waals surface area (Å²) >= 11 is 0. The zero-order valence-corrected chi connectivity index (χ0v) is 12.0. The van der Waals surface area contributed by atoms with Crippen molar-refractivity contribution in [1.82, 2.24) is 5.32 Å². The van der Waals surface area contributed by atoms with Crippen LogP contribution >= 0.6 is 0 Å². The SMILES string of the molecule is O=C(O)c1ccc2c(c1)CCN2C(=O)CC1CCNCC1. The van der Waals surface area contributed by atoms with Gasteiger partial charge in [0.05, 0.1) is 5.56 Å². The summed E-state index contributed by atoms with van der Waals surface area (Å²) in [5.41, 5.74) is 2.15. The zero-order chi connectivity index (χ0) is 14.8. The van der Waals surface area contributed by atoms with Gasteiger partial charge in [0, 0.05) is 18.7 Å². The second kappa shape index (κ2) is 5.85. The fraction of sp³-hybridized carbons (Fsp3) is 0.500. The average Bonchev–Trinajstić information content (AvgIpc) is 2.91. The second-order valence-corrected chi connectivity index (χ2v) is 5.84. The smallest absolute Gasteiger partial charge is 0.335 e. The Bertz CT molecular complexity index is 565. The van der Waals surface area contributed by atoms with Crippen molar-refractivity contribution in [2.45, 2.75) is 25.7 Å². The van der Waals surface area contributed by atoms with Crippen molar-refractivity contribution in [3.63, 3.8) is 0 Å². The summed E-state index contributed by atoms with van der Waals surface area (Å²) in [6, 6.07) is 5.04. The molecule has 2 aliphatic heterocycles. The van der Waals surface area contributed by atoms with E-state index in [1.54, 1.807) is 18.2 Å². The molecule has 0 radical (unpaired) electrons. The first-order chi connectivity index (χ1) is 10.1. The number of amides is 1. The number of rotatable bonds is 3. The number of carboxylic acids is 1. The Hall–Kier alpha value is -1.88. The minimum absolute atomic E-state index is 0.170. The van der Waals surface area contributed by atoms with Crippen LogP contribution in [-0.4, -0.2) is 36.6 Å². The maximum atomic E-state index is 12.5. The molecule has 112 valence electrons. The third-order valence-corrected chi connectivity index (χ3v) is 4.45. The van der Waals surface area contributed by atoms with Crippen LogP contribution in [-0.2, 0) is 11.2 Å². The van der Waals surface area contributed by atoms with E-state index in [1.807, 2.05) is 4.90 Å². The lowest BCUT2D eigenvalue weighted by atomic mass is 9.94. The van der Waals surface area contributed by atoms with Crippen LogP contribution in [0.1, 0.15) is 35.2 Å². The number of carboxylic acid groups (broad SMARTS) is 1. The molecule has 1 aromatic rings. The topological polar surface area (TPSA) is 69.6 Å². The largest absolute Gasteiger partial charge is 0.478 e. The highest BCUT2D eigenvalue weighted by Crippen LogP contribution is 2.30. The van der Waals surface area contributed by atoms with Crippen molar-refractivity contribution in [1.29, 1.82) is 0 Å². The summed E-state index contributed by atoms with van der Waals surface area (Å²) in [7, 11) is 0. The predicted molar refractivity (Wildman–Crippen MR) is 79.7 cm³/mol. The summed E-state index contributed by atoms with van der Waals surface area (Å²) < 4.78 is 0. The van der Waals surface area contributed by atoms with E-state index in [4.69, 9.17) is 5.11 Å². The number of carbonyl (C=O) groups is 2. The van der Waals surface area contributed by atoms with Gasteiger partial charge >= 0.3 is 5.97 Å². The molecule has 1 fully saturated rings. The highest BCUT2D eigenvalue weighted by Gasteiger charge is 2.27. The lowest BCUT2D eigenvalue weighted by Gasteiger charge is -2.25. The summed E-state index contributed by atoms with van der Waals surface area (Å²) in [4.78, 5) is 25.3. The first-order valence-corrected chi connectivity index (χ1v) is 7.52. The van der Waals surface area contributed by atoms with Gasteiger partial charge in [-0.2, -0.15) is 0 Å². The van der Waals surface area contributed by atoms with Gasteiger partial charge < -0.3 is 15.3 Å². The van der Waals surface area contributed by atoms with Crippen molar-refractivity contribution in [2.75, 3.05) is 24.5 Å². The van der Waals surface area contributed by atoms with Crippen molar-refractivity contribution in [3.05, 3.63) is 29.3 Å². The summed E-state index contributed by atoms with van der Waals surface area (Å²) in [5.74, 6) is -0.276. The van der Waals surface area contributed by atoms with E-state index in [0.717, 1.165) is 43.6 Å². The molecule has 0 spiro atoms. The zero-order valence-electron chi connectivity index (χ0n) is 12.0. The number of anilines is 1. The predicted octanol–water partition coefficient (Wildman–Crippen LogP) is 1.66. The molecular weight excluding hydrogens is 268 g/mol. The van der Waals surface area contributed by atoms with Crippen LogP contribution in [0.25, 0.3) is 0 Å². The molecule has 0 atom stereocenters. The third-order valence-electron chi connectivity index (χ3n) is 4.45. The Labute approximate surface area is 123 Å². The molecule has 5 nitrogen and oxygen atoms in total. The van der Waals surface area contributed by atoms with Gasteiger partial charge in [0.2, 0.25) is 5.91 Å². The fourth-order valence-electron chi connectivity index (χ4n) is 3.24. The number of aromatic carboxylic acids is 1. The number of nitrogens with zero attached hydrogens (tertiary/aromatic N) is 1. The van der Waals surface area contributed by atoms with E-state index in [9.17, 15) is 9.59 Å². The molecule has 2 N–H and O–H groups in total. The Morgan fingerprint density at radius 2 is 2.05 bits per heavy atom. The van der Waals surface area contributed by atoms with E-state index >= 15 is 0 Å². The number of nitrogens with one attached hydrogen (secondary N) is 1. The minimum Gasteiger partial charge on any atom is -0.478 e. The van der Waals surface area contributed by atoms with Gasteiger partial charge in [0.1, 0.15) is 0 Å². The first kappa shape index (κ1) is 14.1. The fourth-order valence-corrected chi connectivity index (χ4v) is 3.24. The van der Waals surface area contributed by atoms with Gasteiger partial charge in [-0.15, -0.1) is 0 Å². The molecule has 0 unspecified atom stereocenters. The lowest BCUT2D eigenvalue weighted by Crippen LogP contribution is -2.34. The molecule has 1 amide bonds. The molecule has 0 bridgehead atoms. The number of hydrogen-bond acceptors (Lipinski definition) is 3. The number of fused-ring (bicyclic) bond motifs is 1. The Balaban J connectivity index is 1.71. The standard InChI is InChI=1S/C16H20N2O3/c19-15(9-11-3-6-17-7-4-11)18-8-5-12-10-13(16(20)21)1-2-14(12)18/h1-2,10-11,17H,3-9H2,(H,20,21). The van der Waals surface area contributed by atoms with Crippen LogP contribution < -0.4 is 10.2 Å². The number of hydrogen-bond donors (Lipinski definition) is 2. The van der Waals surface area contributed by atoms with Crippen molar-refractivity contribution in [3.8, 4) is 0 Å². The van der Waals surface area contributed by atoms with Gasteiger partial charge in [0.15, 0.2) is 0 Å². The molecule has 0 aliphatic carbocycles. The molecule has 2 heterocycles. The summed E-state index contributed by atoms with van der Waals surface area (Å²) in [6.07, 6.45) is 3.46. The molecule has 1 aromatic carbocycles. The first-order valence-electron chi connectivity index (χ1n) is 7.52. The van der Waals surface area contributed by atoms with Crippen LogP contribution in [0.3, 0.4) is 0 Å². The molecule has 5 heteroatoms. The lowest BCUT2D eigenvalue weighted by molar-refractivity contribution is -0.119. The van der Waals surface area contributed by atoms with Crippen molar-refractivity contribution in [2.24, 2.45) is 5.92 Å². The van der Waals surface area contributed by atoms with Crippen LogP contribution in [0.15, 0.2) is 18.2 Å². The van der Waals surface area contributed by atoms with E-state index in [0.29, 0.717) is 24.4 Å². The van der Waals surface area contributed by atoms with E-state index in [1.165, 1.54) is 0 Å². The molecule has 3 rings (SSSR count). The highest BCUT2D eigenvalue weighted by atomic mass is 16.4. The van der Waals surface area contributed by atoms with Gasteiger partial charge in [0.25, 0.3) is 0 Å². The van der Waals surface area contributed by atoms with Gasteiger partial charge in [-0.05, 0) is 62.0 Å². The molecule has 1 saturated heterocycles. The minimum atomic E-state index is -0.919. The van der Waals surface area contributed by atoms with Crippen LogP contribution in [0, 0.1) is 5.92 Å². The molecule has 21 heavy (non-hydrogen) atoms. The number of benzene rings is 1. The second-order valence-electron chi connectivity index (χ2n) is 5.84. The maximum Gasteiger partial charge on any atom is 0.335 e. The third kappa shape index (κ3) is 2.93. The summed E-state index contributed by atoms with van der Waals surface area (Å²) in [5, 5.41) is 12.3. The van der Waals surface area contributed by atoms with E-state index in [-0.39, 0.29) is 5.91 Å². The van der Waals surface area contributed by atoms with E-state index in [2.05, 4.69) is 5.32 Å². The molecular formula is C16H20N2O3. The van der Waals surface area contributed by atoms with Gasteiger partial charge in [-0.25, -0.2) is 4.79 Å². The van der Waals surface area contributed by atoms with E-state index < -0.39 is 5.97 Å². The number of carbonyl (C=O) groups excluding carboxylic acids is 1. The molecule has 0 saturated carbocycles. The quantitative estimate of drug-likeness (QED) is 0.887. The maximum absolute atomic E-state index is 12.5. The Kier molecular flexibility index (Phi) is 3.92. The van der Waals surface area contributed by atoms with Crippen molar-refractivity contribution >= 4 is 17.6 Å². The Morgan fingerprint density at radius 3 is 2.76 bits per heavy atom. The van der Waals surface area contributed by atoms with Crippen molar-refractivity contribution < 1.29 is 14.7 Å². The summed E-state index contributed by atoms with van der Waals surface area (Å²) in [6.45, 7) is 2.66. The molecule has 2 aliphatic rings. The number of piperidine rings is 1. The normalized spacial score (nSPS) is 18.6.